The molecular weight excluding hydrogens is 280 g/mol. The van der Waals surface area contributed by atoms with Crippen LogP contribution in [0.5, 0.6) is 5.75 Å². The molecule has 1 aliphatic heterocycles. The first-order valence-corrected chi connectivity index (χ1v) is 7.52. The summed E-state index contributed by atoms with van der Waals surface area (Å²) in [5.41, 5.74) is 0.519. The molecule has 1 aromatic carbocycles. The van der Waals surface area contributed by atoms with Crippen molar-refractivity contribution in [2.45, 2.75) is 42.5 Å². The monoisotopic (exact) mass is 300 g/mol. The lowest BCUT2D eigenvalue weighted by molar-refractivity contribution is -0.192. The van der Waals surface area contributed by atoms with Crippen LogP contribution in [-0.4, -0.2) is 52.3 Å². The van der Waals surface area contributed by atoms with Gasteiger partial charge in [0, 0.05) is 5.75 Å². The third-order valence-electron chi connectivity index (χ3n) is 3.38. The molecule has 1 heterocycles. The molecule has 0 amide bonds. The van der Waals surface area contributed by atoms with E-state index in [1.165, 1.54) is 11.8 Å². The van der Waals surface area contributed by atoms with E-state index >= 15 is 0 Å². The van der Waals surface area contributed by atoms with Gasteiger partial charge in [0.05, 0.1) is 13.2 Å². The Labute approximate surface area is 122 Å². The van der Waals surface area contributed by atoms with Gasteiger partial charge in [-0.2, -0.15) is 0 Å². The molecular formula is C14H20O5S. The Hall–Kier alpha value is -0.790. The second-order valence-corrected chi connectivity index (χ2v) is 5.93. The maximum atomic E-state index is 9.91. The van der Waals surface area contributed by atoms with E-state index in [2.05, 4.69) is 0 Å². The van der Waals surface area contributed by atoms with Crippen LogP contribution in [0, 0.1) is 0 Å². The summed E-state index contributed by atoms with van der Waals surface area (Å²) in [5.74, 6) is 1.43. The summed E-state index contributed by atoms with van der Waals surface area (Å²) in [4.78, 5) is 0. The molecule has 20 heavy (non-hydrogen) atoms. The fourth-order valence-electron chi connectivity index (χ4n) is 2.05. The maximum absolute atomic E-state index is 9.91. The number of thioether (sulfide) groups is 1. The normalized spacial score (nSPS) is 34.0. The van der Waals surface area contributed by atoms with E-state index in [1.54, 1.807) is 14.0 Å². The van der Waals surface area contributed by atoms with Crippen LogP contribution in [0.25, 0.3) is 0 Å². The summed E-state index contributed by atoms with van der Waals surface area (Å²) in [6, 6.07) is 7.62. The van der Waals surface area contributed by atoms with Crippen LogP contribution < -0.4 is 4.74 Å². The largest absolute Gasteiger partial charge is 0.497 e. The second kappa shape index (κ2) is 6.78. The van der Waals surface area contributed by atoms with Crippen LogP contribution in [0.15, 0.2) is 24.3 Å². The molecule has 6 heteroatoms. The minimum Gasteiger partial charge on any atom is -0.497 e. The molecule has 0 spiro atoms. The van der Waals surface area contributed by atoms with Crippen LogP contribution in [0.3, 0.4) is 0 Å². The SMILES string of the molecule is COc1ccc(CS[C@@H]2O[C@@H](C)[C@@H](O)[C@@H](O)[C@@H]2O)cc1. The van der Waals surface area contributed by atoms with Crippen molar-refractivity contribution in [1.29, 1.82) is 0 Å². The summed E-state index contributed by atoms with van der Waals surface area (Å²) < 4.78 is 10.6. The van der Waals surface area contributed by atoms with Crippen molar-refractivity contribution in [3.05, 3.63) is 29.8 Å². The topological polar surface area (TPSA) is 79.2 Å². The highest BCUT2D eigenvalue weighted by atomic mass is 32.2. The molecule has 5 nitrogen and oxygen atoms in total. The highest BCUT2D eigenvalue weighted by Gasteiger charge is 2.41. The average Bonchev–Trinajstić information content (AvgIpc) is 2.48. The van der Waals surface area contributed by atoms with Gasteiger partial charge < -0.3 is 24.8 Å². The zero-order valence-electron chi connectivity index (χ0n) is 11.5. The van der Waals surface area contributed by atoms with Crippen molar-refractivity contribution in [3.63, 3.8) is 0 Å². The smallest absolute Gasteiger partial charge is 0.132 e. The molecule has 0 aliphatic carbocycles. The predicted molar refractivity (Wildman–Crippen MR) is 76.6 cm³/mol. The number of ether oxygens (including phenoxy) is 2. The van der Waals surface area contributed by atoms with E-state index < -0.39 is 29.9 Å². The Morgan fingerprint density at radius 1 is 1.10 bits per heavy atom. The molecule has 2 rings (SSSR count). The second-order valence-electron chi connectivity index (χ2n) is 4.84. The molecule has 1 saturated heterocycles. The van der Waals surface area contributed by atoms with Gasteiger partial charge in [-0.25, -0.2) is 0 Å². The van der Waals surface area contributed by atoms with Gasteiger partial charge >= 0.3 is 0 Å². The van der Waals surface area contributed by atoms with Gasteiger partial charge in [-0.1, -0.05) is 12.1 Å². The van der Waals surface area contributed by atoms with Crippen molar-refractivity contribution in [2.75, 3.05) is 7.11 Å². The van der Waals surface area contributed by atoms with Crippen molar-refractivity contribution >= 4 is 11.8 Å². The Balaban J connectivity index is 1.92. The molecule has 0 unspecified atom stereocenters. The fraction of sp³-hybridized carbons (Fsp3) is 0.571. The minimum absolute atomic E-state index is 0.498. The third-order valence-corrected chi connectivity index (χ3v) is 4.60. The molecule has 1 fully saturated rings. The quantitative estimate of drug-likeness (QED) is 0.762. The average molecular weight is 300 g/mol. The van der Waals surface area contributed by atoms with Gasteiger partial charge in [0.15, 0.2) is 0 Å². The van der Waals surface area contributed by atoms with Crippen LogP contribution in [0.2, 0.25) is 0 Å². The summed E-state index contributed by atoms with van der Waals surface area (Å²) >= 11 is 1.40. The molecule has 0 aromatic heterocycles. The van der Waals surface area contributed by atoms with E-state index in [-0.39, 0.29) is 0 Å². The van der Waals surface area contributed by atoms with Gasteiger partial charge in [-0.05, 0) is 24.6 Å². The van der Waals surface area contributed by atoms with E-state index in [0.29, 0.717) is 5.75 Å². The molecule has 0 saturated carbocycles. The Bertz CT molecular complexity index is 424. The maximum Gasteiger partial charge on any atom is 0.132 e. The van der Waals surface area contributed by atoms with Crippen molar-refractivity contribution in [3.8, 4) is 5.75 Å². The Morgan fingerprint density at radius 2 is 1.75 bits per heavy atom. The van der Waals surface area contributed by atoms with E-state index in [0.717, 1.165) is 11.3 Å². The van der Waals surface area contributed by atoms with Crippen LogP contribution >= 0.6 is 11.8 Å². The number of rotatable bonds is 4. The number of hydrogen-bond donors (Lipinski definition) is 3. The molecule has 3 N–H and O–H groups in total. The van der Waals surface area contributed by atoms with Gasteiger partial charge in [0.1, 0.15) is 29.5 Å². The van der Waals surface area contributed by atoms with Gasteiger partial charge in [-0.3, -0.25) is 0 Å². The molecule has 5 atom stereocenters. The summed E-state index contributed by atoms with van der Waals surface area (Å²) in [7, 11) is 1.62. The number of aliphatic hydroxyl groups excluding tert-OH is 3. The Morgan fingerprint density at radius 3 is 2.35 bits per heavy atom. The van der Waals surface area contributed by atoms with Gasteiger partial charge in [-0.15, -0.1) is 11.8 Å². The van der Waals surface area contributed by atoms with Gasteiger partial charge in [0.25, 0.3) is 0 Å². The number of hydrogen-bond acceptors (Lipinski definition) is 6. The molecule has 0 radical (unpaired) electrons. The summed E-state index contributed by atoms with van der Waals surface area (Å²) in [6.45, 7) is 1.68. The summed E-state index contributed by atoms with van der Waals surface area (Å²) in [5, 5.41) is 29.3. The first-order chi connectivity index (χ1) is 9.52. The minimum atomic E-state index is -1.17. The standard InChI is InChI=1S/C14H20O5S/c1-8-11(15)12(16)13(17)14(19-8)20-7-9-3-5-10(18-2)6-4-9/h3-6,8,11-17H,7H2,1-2H3/t8-,11+,12+,13-,14-/m0/s1. The van der Waals surface area contributed by atoms with Crippen molar-refractivity contribution in [1.82, 2.24) is 0 Å². The molecule has 0 bridgehead atoms. The third kappa shape index (κ3) is 3.45. The van der Waals surface area contributed by atoms with Crippen LogP contribution in [-0.2, 0) is 10.5 Å². The van der Waals surface area contributed by atoms with Crippen LogP contribution in [0.1, 0.15) is 12.5 Å². The van der Waals surface area contributed by atoms with Crippen LogP contribution in [0.4, 0.5) is 0 Å². The first kappa shape index (κ1) is 15.6. The van der Waals surface area contributed by atoms with Crippen molar-refractivity contribution in [2.24, 2.45) is 0 Å². The lowest BCUT2D eigenvalue weighted by atomic mass is 10.0. The number of aliphatic hydroxyl groups is 3. The van der Waals surface area contributed by atoms with Gasteiger partial charge in [0.2, 0.25) is 0 Å². The van der Waals surface area contributed by atoms with E-state index in [1.807, 2.05) is 24.3 Å². The van der Waals surface area contributed by atoms with E-state index in [9.17, 15) is 15.3 Å². The van der Waals surface area contributed by atoms with Crippen molar-refractivity contribution < 1.29 is 24.8 Å². The first-order valence-electron chi connectivity index (χ1n) is 6.47. The highest BCUT2D eigenvalue weighted by molar-refractivity contribution is 7.99. The zero-order valence-corrected chi connectivity index (χ0v) is 12.3. The lowest BCUT2D eigenvalue weighted by Crippen LogP contribution is -2.55. The zero-order chi connectivity index (χ0) is 14.7. The number of methoxy groups -OCH3 is 1. The predicted octanol–water partition coefficient (Wildman–Crippen LogP) is 0.756. The summed E-state index contributed by atoms with van der Waals surface area (Å²) in [6.07, 6.45) is -3.82. The number of benzene rings is 1. The lowest BCUT2D eigenvalue weighted by Gasteiger charge is -2.39. The van der Waals surface area contributed by atoms with E-state index in [4.69, 9.17) is 9.47 Å². The molecule has 1 aromatic rings. The molecule has 1 aliphatic rings. The fourth-order valence-corrected chi connectivity index (χ4v) is 3.21. The highest BCUT2D eigenvalue weighted by Crippen LogP contribution is 2.30. The Kier molecular flexibility index (Phi) is 5.29. The molecule has 112 valence electrons.